The fourth-order valence-corrected chi connectivity index (χ4v) is 19.6. The average Bonchev–Trinajstić information content (AvgIpc) is 2.73. The summed E-state index contributed by atoms with van der Waals surface area (Å²) in [6.07, 6.45) is 7.04. The first-order chi connectivity index (χ1) is 14.2. The first-order valence-corrected chi connectivity index (χ1v) is 18.4. The van der Waals surface area contributed by atoms with Crippen molar-refractivity contribution in [2.45, 2.75) is 85.4 Å². The summed E-state index contributed by atoms with van der Waals surface area (Å²) in [5, 5.41) is 0. The van der Waals surface area contributed by atoms with Crippen molar-refractivity contribution < 1.29 is 27.1 Å². The molecule has 1 aromatic rings. The number of rotatable bonds is 14. The third-order valence-corrected chi connectivity index (χ3v) is 21.9. The van der Waals surface area contributed by atoms with E-state index in [9.17, 15) is 22.4 Å². The van der Waals surface area contributed by atoms with E-state index in [0.29, 0.717) is 6.42 Å². The van der Waals surface area contributed by atoms with Gasteiger partial charge in [0.1, 0.15) is 0 Å². The van der Waals surface area contributed by atoms with Gasteiger partial charge in [-0.25, -0.2) is 0 Å². The Kier molecular flexibility index (Phi) is 12.0. The molecule has 0 aliphatic rings. The summed E-state index contributed by atoms with van der Waals surface area (Å²) in [5.41, 5.74) is 0. The van der Waals surface area contributed by atoms with E-state index in [1.54, 1.807) is 0 Å². The molecule has 0 N–H and O–H groups in total. The number of esters is 1. The second-order valence-corrected chi connectivity index (χ2v) is 21.6. The predicted octanol–water partition coefficient (Wildman–Crippen LogP) is 7.87. The van der Waals surface area contributed by atoms with E-state index in [1.165, 1.54) is 13.3 Å². The molecule has 0 amide bonds. The molecule has 0 aromatic heterocycles. The molecule has 0 atom stereocenters. The average molecular weight is 537 g/mol. The quantitative estimate of drug-likeness (QED) is 0.0794. The Balaban J connectivity index is 2.90. The van der Waals surface area contributed by atoms with Crippen molar-refractivity contribution in [3.8, 4) is 5.75 Å². The van der Waals surface area contributed by atoms with Crippen LogP contribution in [-0.2, 0) is 4.79 Å². The van der Waals surface area contributed by atoms with Gasteiger partial charge < -0.3 is 0 Å². The summed E-state index contributed by atoms with van der Waals surface area (Å²) in [6.45, 7) is 10.8. The van der Waals surface area contributed by atoms with E-state index in [4.69, 9.17) is 0 Å². The molecule has 0 unspecified atom stereocenters. The SMILES string of the molecule is C=[C](CCC(=O)Oc1c(F)c(F)cc(F)c1F)[Sn]([CH2]CCC)([CH2]CCC)[CH2]CCC. The molecule has 0 radical (unpaired) electrons. The zero-order valence-electron chi connectivity index (χ0n) is 18.4. The maximum atomic E-state index is 13.7. The molecule has 0 saturated heterocycles. The first kappa shape index (κ1) is 27.0. The van der Waals surface area contributed by atoms with E-state index in [-0.39, 0.29) is 12.5 Å². The summed E-state index contributed by atoms with van der Waals surface area (Å²) in [6, 6.07) is 0.0852. The van der Waals surface area contributed by atoms with Crippen molar-refractivity contribution >= 4 is 24.3 Å². The van der Waals surface area contributed by atoms with Gasteiger partial charge in [0, 0.05) is 0 Å². The van der Waals surface area contributed by atoms with Crippen LogP contribution in [0.2, 0.25) is 13.3 Å². The summed E-state index contributed by atoms with van der Waals surface area (Å²) >= 11 is -2.73. The number of carbonyl (C=O) groups is 1. The van der Waals surface area contributed by atoms with Crippen molar-refractivity contribution in [3.05, 3.63) is 39.5 Å². The number of benzene rings is 1. The molecule has 0 spiro atoms. The van der Waals surface area contributed by atoms with E-state index >= 15 is 0 Å². The van der Waals surface area contributed by atoms with Gasteiger partial charge >= 0.3 is 182 Å². The Labute approximate surface area is 182 Å². The Morgan fingerprint density at radius 2 is 1.30 bits per heavy atom. The zero-order chi connectivity index (χ0) is 22.7. The van der Waals surface area contributed by atoms with E-state index in [0.717, 1.165) is 42.1 Å². The van der Waals surface area contributed by atoms with Gasteiger partial charge in [-0.3, -0.25) is 0 Å². The van der Waals surface area contributed by atoms with Crippen LogP contribution in [0.1, 0.15) is 72.1 Å². The fourth-order valence-electron chi connectivity index (χ4n) is 3.77. The van der Waals surface area contributed by atoms with Gasteiger partial charge in [-0.15, -0.1) is 0 Å². The van der Waals surface area contributed by atoms with Crippen LogP contribution in [0.15, 0.2) is 16.2 Å². The van der Waals surface area contributed by atoms with E-state index in [1.807, 2.05) is 0 Å². The molecule has 2 nitrogen and oxygen atoms in total. The number of hydrogen-bond acceptors (Lipinski definition) is 2. The molecule has 170 valence electrons. The van der Waals surface area contributed by atoms with Crippen molar-refractivity contribution in [2.75, 3.05) is 0 Å². The normalized spacial score (nSPS) is 11.6. The number of hydrogen-bond donors (Lipinski definition) is 0. The third kappa shape index (κ3) is 7.57. The maximum absolute atomic E-state index is 13.7. The van der Waals surface area contributed by atoms with Crippen LogP contribution in [0.5, 0.6) is 5.75 Å². The van der Waals surface area contributed by atoms with Gasteiger partial charge in [0.25, 0.3) is 0 Å². The zero-order valence-corrected chi connectivity index (χ0v) is 21.2. The Morgan fingerprint density at radius 1 is 0.867 bits per heavy atom. The van der Waals surface area contributed by atoms with Crippen LogP contribution in [0, 0.1) is 23.3 Å². The van der Waals surface area contributed by atoms with Crippen LogP contribution in [0.25, 0.3) is 0 Å². The van der Waals surface area contributed by atoms with Gasteiger partial charge in [0.05, 0.1) is 0 Å². The number of ether oxygens (including phenoxy) is 1. The van der Waals surface area contributed by atoms with Gasteiger partial charge in [0.2, 0.25) is 0 Å². The Hall–Kier alpha value is -1.05. The summed E-state index contributed by atoms with van der Waals surface area (Å²) in [7, 11) is 0. The van der Waals surface area contributed by atoms with Crippen molar-refractivity contribution in [3.63, 3.8) is 0 Å². The number of carbonyl (C=O) groups excluding carboxylic acids is 1. The summed E-state index contributed by atoms with van der Waals surface area (Å²) in [4.78, 5) is 12.2. The monoisotopic (exact) mass is 538 g/mol. The molecular formula is C23H34F4O2Sn. The molecule has 0 aliphatic heterocycles. The van der Waals surface area contributed by atoms with Crippen molar-refractivity contribution in [1.82, 2.24) is 0 Å². The third-order valence-electron chi connectivity index (χ3n) is 5.69. The van der Waals surface area contributed by atoms with E-state index in [2.05, 4.69) is 32.1 Å². The van der Waals surface area contributed by atoms with Gasteiger partial charge in [-0.05, 0) is 0 Å². The number of halogens is 4. The van der Waals surface area contributed by atoms with Gasteiger partial charge in [-0.1, -0.05) is 0 Å². The van der Waals surface area contributed by atoms with Crippen LogP contribution in [0.4, 0.5) is 17.6 Å². The second kappa shape index (κ2) is 13.4. The molecule has 0 aliphatic carbocycles. The minimum absolute atomic E-state index is 0.0852. The van der Waals surface area contributed by atoms with Gasteiger partial charge in [0.15, 0.2) is 0 Å². The molecule has 0 bridgehead atoms. The summed E-state index contributed by atoms with van der Waals surface area (Å²) in [5.74, 6) is -8.85. The molecular weight excluding hydrogens is 503 g/mol. The Morgan fingerprint density at radius 3 is 1.70 bits per heavy atom. The number of allylic oxidation sites excluding steroid dienone is 1. The summed E-state index contributed by atoms with van der Waals surface area (Å²) < 4.78 is 63.5. The standard InChI is InChI=1S/C11H7F4O2.3C4H9.Sn/c1-2-3-4-8(16)17-11-9(14)6(12)5-7(13)10(11)15;3*1-3-4-2;/h5H,1,3-4H2;3*1,3-4H2,2H3;. The minimum atomic E-state index is -2.73. The number of unbranched alkanes of at least 4 members (excludes halogenated alkanes) is 3. The van der Waals surface area contributed by atoms with Crippen LogP contribution in [-0.4, -0.2) is 24.3 Å². The van der Waals surface area contributed by atoms with Crippen LogP contribution >= 0.6 is 0 Å². The molecule has 1 rings (SSSR count). The topological polar surface area (TPSA) is 26.3 Å². The molecule has 30 heavy (non-hydrogen) atoms. The second-order valence-electron chi connectivity index (χ2n) is 7.97. The predicted molar refractivity (Wildman–Crippen MR) is 115 cm³/mol. The van der Waals surface area contributed by atoms with Crippen LogP contribution < -0.4 is 4.74 Å². The fraction of sp³-hybridized carbons (Fsp3) is 0.609. The molecule has 0 heterocycles. The molecule has 7 heteroatoms. The Bertz CT molecular complexity index is 674. The van der Waals surface area contributed by atoms with Crippen LogP contribution in [0.3, 0.4) is 0 Å². The van der Waals surface area contributed by atoms with Crippen molar-refractivity contribution in [1.29, 1.82) is 0 Å². The first-order valence-electron chi connectivity index (χ1n) is 10.9. The molecule has 0 fully saturated rings. The van der Waals surface area contributed by atoms with E-state index < -0.39 is 53.4 Å². The molecule has 0 saturated carbocycles. The molecule has 1 aromatic carbocycles. The van der Waals surface area contributed by atoms with Gasteiger partial charge in [-0.2, -0.15) is 0 Å². The van der Waals surface area contributed by atoms with Crippen molar-refractivity contribution in [2.24, 2.45) is 0 Å².